The number of alkyl carbamates (subject to hydrolysis) is 1. The van der Waals surface area contributed by atoms with Crippen molar-refractivity contribution >= 4 is 6.09 Å². The molecule has 1 aliphatic rings. The predicted molar refractivity (Wildman–Crippen MR) is 95.7 cm³/mol. The first-order valence-corrected chi connectivity index (χ1v) is 9.00. The Bertz CT molecular complexity index is 358. The van der Waals surface area contributed by atoms with Crippen molar-refractivity contribution in [3.63, 3.8) is 0 Å². The number of likely N-dealkylation sites (tertiary alicyclic amines) is 1. The number of piperidine rings is 1. The third-order valence-electron chi connectivity index (χ3n) is 4.62. The highest BCUT2D eigenvalue weighted by Gasteiger charge is 2.26. The molecule has 0 aromatic rings. The molecule has 1 heterocycles. The van der Waals surface area contributed by atoms with Crippen LogP contribution in [0.15, 0.2) is 0 Å². The molecule has 0 spiro atoms. The third-order valence-corrected chi connectivity index (χ3v) is 4.62. The monoisotopic (exact) mass is 327 g/mol. The molecule has 1 saturated heterocycles. The average Bonchev–Trinajstić information content (AvgIpc) is 2.41. The molecule has 5 nitrogen and oxygen atoms in total. The summed E-state index contributed by atoms with van der Waals surface area (Å²) >= 11 is 0. The number of hydrogen-bond acceptors (Lipinski definition) is 4. The van der Waals surface area contributed by atoms with Crippen LogP contribution in [0.4, 0.5) is 4.79 Å². The molecule has 5 heteroatoms. The fraction of sp³-hybridized carbons (Fsp3) is 0.944. The minimum absolute atomic E-state index is 0.261. The van der Waals surface area contributed by atoms with Gasteiger partial charge in [0.2, 0.25) is 0 Å². The minimum Gasteiger partial charge on any atom is -0.444 e. The van der Waals surface area contributed by atoms with E-state index in [4.69, 9.17) is 4.74 Å². The molecular weight excluding hydrogens is 290 g/mol. The summed E-state index contributed by atoms with van der Waals surface area (Å²) in [5.41, 5.74) is -0.452. The lowest BCUT2D eigenvalue weighted by atomic mass is 9.89. The normalized spacial score (nSPS) is 20.3. The van der Waals surface area contributed by atoms with Gasteiger partial charge in [-0.15, -0.1) is 0 Å². The summed E-state index contributed by atoms with van der Waals surface area (Å²) in [6.45, 7) is 15.3. The molecule has 0 aromatic heterocycles. The van der Waals surface area contributed by atoms with Gasteiger partial charge in [-0.25, -0.2) is 4.79 Å². The smallest absolute Gasteiger partial charge is 0.407 e. The molecule has 136 valence electrons. The van der Waals surface area contributed by atoms with Crippen molar-refractivity contribution in [2.24, 2.45) is 11.8 Å². The quantitative estimate of drug-likeness (QED) is 0.788. The maximum Gasteiger partial charge on any atom is 0.407 e. The molecule has 0 aromatic carbocycles. The largest absolute Gasteiger partial charge is 0.444 e. The summed E-state index contributed by atoms with van der Waals surface area (Å²) in [6.07, 6.45) is 2.15. The van der Waals surface area contributed by atoms with Crippen molar-refractivity contribution in [2.45, 2.75) is 72.1 Å². The number of nitrogens with one attached hydrogen (secondary N) is 2. The maximum absolute atomic E-state index is 11.8. The highest BCUT2D eigenvalue weighted by molar-refractivity contribution is 5.67. The first-order valence-electron chi connectivity index (χ1n) is 9.00. The number of hydrogen-bond donors (Lipinski definition) is 2. The Hall–Kier alpha value is -0.810. The number of nitrogens with zero attached hydrogens (tertiary/aromatic N) is 1. The van der Waals surface area contributed by atoms with Crippen LogP contribution in [0.3, 0.4) is 0 Å². The van der Waals surface area contributed by atoms with Gasteiger partial charge in [-0.1, -0.05) is 13.8 Å². The van der Waals surface area contributed by atoms with Crippen LogP contribution in [0.1, 0.15) is 54.4 Å². The maximum atomic E-state index is 11.8. The summed E-state index contributed by atoms with van der Waals surface area (Å²) < 4.78 is 5.32. The molecule has 0 radical (unpaired) electrons. The molecule has 0 bridgehead atoms. The zero-order valence-electron chi connectivity index (χ0n) is 16.1. The Labute approximate surface area is 142 Å². The standard InChI is InChI=1S/C18H37N3O2/c1-13(2)16(12-19-17(22)23-18(4,5)6)20-14(3)15-8-10-21(7)11-9-15/h13-16,20H,8-12H2,1-7H3,(H,19,22). The van der Waals surface area contributed by atoms with Gasteiger partial charge in [0.05, 0.1) is 0 Å². The predicted octanol–water partition coefficient (Wildman–Crippen LogP) is 2.86. The summed E-state index contributed by atoms with van der Waals surface area (Å²) in [6, 6.07) is 0.730. The number of amides is 1. The second kappa shape index (κ2) is 8.88. The van der Waals surface area contributed by atoms with Gasteiger partial charge in [0, 0.05) is 18.6 Å². The summed E-state index contributed by atoms with van der Waals surface area (Å²) in [4.78, 5) is 14.2. The molecule has 2 unspecified atom stereocenters. The molecular formula is C18H37N3O2. The molecule has 1 fully saturated rings. The van der Waals surface area contributed by atoms with E-state index in [1.54, 1.807) is 0 Å². The van der Waals surface area contributed by atoms with Crippen molar-refractivity contribution in [1.29, 1.82) is 0 Å². The van der Waals surface area contributed by atoms with Crippen LogP contribution in [0, 0.1) is 11.8 Å². The molecule has 1 aliphatic heterocycles. The fourth-order valence-corrected chi connectivity index (χ4v) is 3.00. The van der Waals surface area contributed by atoms with Crippen LogP contribution in [0.5, 0.6) is 0 Å². The molecule has 2 N–H and O–H groups in total. The Kier molecular flexibility index (Phi) is 7.81. The highest BCUT2D eigenvalue weighted by Crippen LogP contribution is 2.20. The van der Waals surface area contributed by atoms with Crippen molar-refractivity contribution < 1.29 is 9.53 Å². The Morgan fingerprint density at radius 3 is 2.26 bits per heavy atom. The molecule has 2 atom stereocenters. The SMILES string of the molecule is CC(C)C(CNC(=O)OC(C)(C)C)NC(C)C1CCN(C)CC1. The van der Waals surface area contributed by atoms with Crippen LogP contribution >= 0.6 is 0 Å². The highest BCUT2D eigenvalue weighted by atomic mass is 16.6. The Balaban J connectivity index is 2.44. The van der Waals surface area contributed by atoms with E-state index >= 15 is 0 Å². The lowest BCUT2D eigenvalue weighted by Gasteiger charge is -2.36. The van der Waals surface area contributed by atoms with Gasteiger partial charge in [0.15, 0.2) is 0 Å². The number of carbonyl (C=O) groups is 1. The van der Waals surface area contributed by atoms with E-state index in [0.717, 1.165) is 0 Å². The second-order valence-electron chi connectivity index (χ2n) is 8.33. The first-order chi connectivity index (χ1) is 10.6. The Morgan fingerprint density at radius 2 is 1.78 bits per heavy atom. The van der Waals surface area contributed by atoms with Crippen LogP contribution in [-0.2, 0) is 4.74 Å². The number of rotatable bonds is 6. The Morgan fingerprint density at radius 1 is 1.22 bits per heavy atom. The fourth-order valence-electron chi connectivity index (χ4n) is 3.00. The average molecular weight is 328 g/mol. The lowest BCUT2D eigenvalue weighted by Crippen LogP contribution is -2.51. The molecule has 23 heavy (non-hydrogen) atoms. The van der Waals surface area contributed by atoms with Crippen molar-refractivity contribution in [2.75, 3.05) is 26.7 Å². The zero-order chi connectivity index (χ0) is 17.6. The molecule has 0 saturated carbocycles. The van der Waals surface area contributed by atoms with Gasteiger partial charge in [-0.2, -0.15) is 0 Å². The number of ether oxygens (including phenoxy) is 1. The summed E-state index contributed by atoms with van der Waals surface area (Å²) in [5.74, 6) is 1.17. The zero-order valence-corrected chi connectivity index (χ0v) is 16.1. The number of carbonyl (C=O) groups excluding carboxylic acids is 1. The third kappa shape index (κ3) is 8.02. The van der Waals surface area contributed by atoms with Crippen LogP contribution in [0.2, 0.25) is 0 Å². The van der Waals surface area contributed by atoms with Gasteiger partial charge in [-0.05, 0) is 72.5 Å². The van der Waals surface area contributed by atoms with Gasteiger partial charge >= 0.3 is 6.09 Å². The van der Waals surface area contributed by atoms with Crippen molar-refractivity contribution in [1.82, 2.24) is 15.5 Å². The molecule has 1 rings (SSSR count). The van der Waals surface area contributed by atoms with Crippen LogP contribution < -0.4 is 10.6 Å². The minimum atomic E-state index is -0.452. The van der Waals surface area contributed by atoms with Crippen molar-refractivity contribution in [3.8, 4) is 0 Å². The molecule has 0 aliphatic carbocycles. The van der Waals surface area contributed by atoms with Gasteiger partial charge in [0.1, 0.15) is 5.60 Å². The van der Waals surface area contributed by atoms with Gasteiger partial charge in [-0.3, -0.25) is 0 Å². The van der Waals surface area contributed by atoms with Gasteiger partial charge in [0.25, 0.3) is 0 Å². The van der Waals surface area contributed by atoms with Crippen molar-refractivity contribution in [3.05, 3.63) is 0 Å². The van der Waals surface area contributed by atoms with Crippen LogP contribution in [0.25, 0.3) is 0 Å². The van der Waals surface area contributed by atoms with E-state index in [2.05, 4.69) is 43.4 Å². The van der Waals surface area contributed by atoms with E-state index < -0.39 is 5.60 Å². The van der Waals surface area contributed by atoms with E-state index in [-0.39, 0.29) is 12.1 Å². The van der Waals surface area contributed by atoms with E-state index in [0.29, 0.717) is 24.4 Å². The van der Waals surface area contributed by atoms with E-state index in [1.807, 2.05) is 20.8 Å². The molecule has 1 amide bonds. The summed E-state index contributed by atoms with van der Waals surface area (Å²) in [5, 5.41) is 6.63. The second-order valence-corrected chi connectivity index (χ2v) is 8.33. The van der Waals surface area contributed by atoms with Gasteiger partial charge < -0.3 is 20.3 Å². The lowest BCUT2D eigenvalue weighted by molar-refractivity contribution is 0.0516. The topological polar surface area (TPSA) is 53.6 Å². The van der Waals surface area contributed by atoms with E-state index in [1.165, 1.54) is 25.9 Å². The van der Waals surface area contributed by atoms with Crippen LogP contribution in [-0.4, -0.2) is 55.4 Å². The summed E-state index contributed by atoms with van der Waals surface area (Å²) in [7, 11) is 2.19. The van der Waals surface area contributed by atoms with E-state index in [9.17, 15) is 4.79 Å². The first kappa shape index (κ1) is 20.2.